The summed E-state index contributed by atoms with van der Waals surface area (Å²) in [6.45, 7) is 0. The highest BCUT2D eigenvalue weighted by Gasteiger charge is 2.20. The Morgan fingerprint density at radius 1 is 0.960 bits per heavy atom. The number of anilines is 2. The molecule has 2 amide bonds. The van der Waals surface area contributed by atoms with Gasteiger partial charge in [0.25, 0.3) is 0 Å². The van der Waals surface area contributed by atoms with E-state index in [1.54, 1.807) is 0 Å². The molecule has 9 heteroatoms. The van der Waals surface area contributed by atoms with Crippen LogP contribution in [0.15, 0.2) is 30.3 Å². The van der Waals surface area contributed by atoms with Gasteiger partial charge in [-0.15, -0.1) is 0 Å². The molecule has 0 atom stereocenters. The predicted octanol–water partition coefficient (Wildman–Crippen LogP) is 3.21. The van der Waals surface area contributed by atoms with Crippen molar-refractivity contribution in [3.05, 3.63) is 47.0 Å². The molecule has 6 nitrogen and oxygen atoms in total. The first kappa shape index (κ1) is 18.5. The van der Waals surface area contributed by atoms with Crippen LogP contribution in [0, 0.1) is 11.6 Å². The molecule has 0 radical (unpaired) electrons. The summed E-state index contributed by atoms with van der Waals surface area (Å²) in [5.41, 5.74) is -0.624. The van der Waals surface area contributed by atoms with Crippen LogP contribution in [0.1, 0.15) is 0 Å². The topological polar surface area (TPSA) is 76.7 Å². The maximum Gasteiger partial charge on any atom is 0.314 e. The number of hydrogen-bond acceptors (Lipinski definition) is 4. The third-order valence-electron chi connectivity index (χ3n) is 3.13. The number of nitrogens with one attached hydrogen (secondary N) is 2. The number of hydrogen-bond donors (Lipinski definition) is 2. The van der Waals surface area contributed by atoms with Crippen LogP contribution >= 0.6 is 11.6 Å². The summed E-state index contributed by atoms with van der Waals surface area (Å²) in [6, 6.07) is 5.75. The second-order valence-corrected chi connectivity index (χ2v) is 5.10. The van der Waals surface area contributed by atoms with Gasteiger partial charge in [-0.2, -0.15) is 0 Å². The highest BCUT2D eigenvalue weighted by atomic mass is 35.5. The number of amides is 2. The third-order valence-corrected chi connectivity index (χ3v) is 3.43. The Morgan fingerprint density at radius 3 is 2.08 bits per heavy atom. The summed E-state index contributed by atoms with van der Waals surface area (Å²) < 4.78 is 37.1. The molecule has 0 saturated heterocycles. The lowest BCUT2D eigenvalue weighted by molar-refractivity contribution is -0.133. The molecule has 2 N–H and O–H groups in total. The van der Waals surface area contributed by atoms with E-state index in [-0.39, 0.29) is 22.2 Å². The van der Waals surface area contributed by atoms with Crippen molar-refractivity contribution in [1.82, 2.24) is 0 Å². The highest BCUT2D eigenvalue weighted by Crippen LogP contribution is 2.35. The minimum Gasteiger partial charge on any atom is -0.495 e. The molecule has 0 fully saturated rings. The fourth-order valence-corrected chi connectivity index (χ4v) is 2.16. The second kappa shape index (κ2) is 7.80. The Balaban J connectivity index is 2.20. The summed E-state index contributed by atoms with van der Waals surface area (Å²) in [5, 5.41) is 4.37. The van der Waals surface area contributed by atoms with Crippen LogP contribution in [0.5, 0.6) is 11.5 Å². The molecule has 2 aromatic carbocycles. The van der Waals surface area contributed by atoms with E-state index in [4.69, 9.17) is 21.1 Å². The van der Waals surface area contributed by atoms with Crippen LogP contribution in [-0.4, -0.2) is 26.0 Å². The lowest BCUT2D eigenvalue weighted by Crippen LogP contribution is -2.30. The summed E-state index contributed by atoms with van der Waals surface area (Å²) >= 11 is 5.94. The monoisotopic (exact) mass is 370 g/mol. The average molecular weight is 371 g/mol. The van der Waals surface area contributed by atoms with Gasteiger partial charge in [-0.3, -0.25) is 9.59 Å². The lowest BCUT2D eigenvalue weighted by atomic mass is 10.2. The van der Waals surface area contributed by atoms with Gasteiger partial charge in [0.2, 0.25) is 0 Å². The molecule has 25 heavy (non-hydrogen) atoms. The molecule has 0 unspecified atom stereocenters. The maximum absolute atomic E-state index is 13.5. The van der Waals surface area contributed by atoms with Crippen LogP contribution in [-0.2, 0) is 9.59 Å². The van der Waals surface area contributed by atoms with Gasteiger partial charge in [0.1, 0.15) is 28.8 Å². The molecule has 0 aliphatic heterocycles. The van der Waals surface area contributed by atoms with E-state index in [2.05, 4.69) is 5.32 Å². The Hall–Kier alpha value is -2.87. The van der Waals surface area contributed by atoms with Gasteiger partial charge in [-0.1, -0.05) is 17.7 Å². The first-order valence-electron chi connectivity index (χ1n) is 6.85. The SMILES string of the molecule is COc1cc(NC(=O)C(=O)Nc2c(F)cccc2F)c(OC)cc1Cl. The van der Waals surface area contributed by atoms with Crippen molar-refractivity contribution in [2.45, 2.75) is 0 Å². The number of rotatable bonds is 4. The zero-order valence-corrected chi connectivity index (χ0v) is 13.9. The van der Waals surface area contributed by atoms with E-state index in [0.717, 1.165) is 18.2 Å². The first-order valence-corrected chi connectivity index (χ1v) is 7.23. The van der Waals surface area contributed by atoms with Crippen molar-refractivity contribution in [1.29, 1.82) is 0 Å². The maximum atomic E-state index is 13.5. The third kappa shape index (κ3) is 4.16. The summed E-state index contributed by atoms with van der Waals surface area (Å²) in [4.78, 5) is 23.9. The fourth-order valence-electron chi connectivity index (χ4n) is 1.92. The molecule has 0 aliphatic carbocycles. The van der Waals surface area contributed by atoms with Crippen LogP contribution in [0.3, 0.4) is 0 Å². The van der Waals surface area contributed by atoms with Gasteiger partial charge >= 0.3 is 11.8 Å². The molecule has 132 valence electrons. The van der Waals surface area contributed by atoms with Crippen LogP contribution in [0.25, 0.3) is 0 Å². The summed E-state index contributed by atoms with van der Waals surface area (Å²) in [6.07, 6.45) is 0. The predicted molar refractivity (Wildman–Crippen MR) is 88.2 cm³/mol. The van der Waals surface area contributed by atoms with Crippen LogP contribution in [0.4, 0.5) is 20.2 Å². The van der Waals surface area contributed by atoms with Crippen molar-refractivity contribution in [3.8, 4) is 11.5 Å². The summed E-state index contributed by atoms with van der Waals surface area (Å²) in [7, 11) is 2.70. The zero-order valence-electron chi connectivity index (χ0n) is 13.2. The number of carbonyl (C=O) groups is 2. The smallest absolute Gasteiger partial charge is 0.314 e. The van der Waals surface area contributed by atoms with Crippen molar-refractivity contribution in [2.24, 2.45) is 0 Å². The molecule has 0 spiro atoms. The Kier molecular flexibility index (Phi) is 5.76. The van der Waals surface area contributed by atoms with Crippen LogP contribution < -0.4 is 20.1 Å². The number of halogens is 3. The first-order chi connectivity index (χ1) is 11.9. The number of carbonyl (C=O) groups excluding carboxylic acids is 2. The number of benzene rings is 2. The van der Waals surface area contributed by atoms with E-state index in [1.165, 1.54) is 26.4 Å². The molecule has 2 rings (SSSR count). The molecular weight excluding hydrogens is 358 g/mol. The number of para-hydroxylation sites is 1. The van der Waals surface area contributed by atoms with Crippen molar-refractivity contribution >= 4 is 34.8 Å². The quantitative estimate of drug-likeness (QED) is 0.810. The fraction of sp³-hybridized carbons (Fsp3) is 0.125. The molecule has 0 aromatic heterocycles. The number of ether oxygens (including phenoxy) is 2. The van der Waals surface area contributed by atoms with Gasteiger partial charge in [-0.05, 0) is 12.1 Å². The molecular formula is C16H13ClF2N2O4. The largest absolute Gasteiger partial charge is 0.495 e. The molecule has 0 saturated carbocycles. The van der Waals surface area contributed by atoms with Crippen molar-refractivity contribution in [2.75, 3.05) is 24.9 Å². The van der Waals surface area contributed by atoms with E-state index in [1.807, 2.05) is 5.32 Å². The minimum absolute atomic E-state index is 0.0953. The lowest BCUT2D eigenvalue weighted by Gasteiger charge is -2.13. The van der Waals surface area contributed by atoms with E-state index in [0.29, 0.717) is 0 Å². The van der Waals surface area contributed by atoms with Gasteiger partial charge in [0.15, 0.2) is 0 Å². The van der Waals surface area contributed by atoms with Crippen molar-refractivity contribution in [3.63, 3.8) is 0 Å². The van der Waals surface area contributed by atoms with E-state index < -0.39 is 29.1 Å². The van der Waals surface area contributed by atoms with Gasteiger partial charge < -0.3 is 20.1 Å². The van der Waals surface area contributed by atoms with Crippen molar-refractivity contribution < 1.29 is 27.8 Å². The van der Waals surface area contributed by atoms with Gasteiger partial charge in [0.05, 0.1) is 24.9 Å². The summed E-state index contributed by atoms with van der Waals surface area (Å²) in [5.74, 6) is -4.04. The Morgan fingerprint density at radius 2 is 1.52 bits per heavy atom. The highest BCUT2D eigenvalue weighted by molar-refractivity contribution is 6.44. The minimum atomic E-state index is -1.26. The van der Waals surface area contributed by atoms with Gasteiger partial charge in [-0.25, -0.2) is 8.78 Å². The average Bonchev–Trinajstić information content (AvgIpc) is 2.59. The Bertz CT molecular complexity index is 810. The zero-order chi connectivity index (χ0) is 18.6. The van der Waals surface area contributed by atoms with E-state index >= 15 is 0 Å². The molecule has 2 aromatic rings. The normalized spacial score (nSPS) is 10.1. The molecule has 0 aliphatic rings. The molecule has 0 bridgehead atoms. The van der Waals surface area contributed by atoms with Gasteiger partial charge in [0, 0.05) is 12.1 Å². The standard InChI is InChI=1S/C16H13ClF2N2O4/c1-24-12-7-11(13(25-2)6-8(12)17)20-15(22)16(23)21-14-9(18)4-3-5-10(14)19/h3-7H,1-2H3,(H,20,22)(H,21,23). The number of methoxy groups -OCH3 is 2. The molecule has 0 heterocycles. The second-order valence-electron chi connectivity index (χ2n) is 4.69. The van der Waals surface area contributed by atoms with Crippen LogP contribution in [0.2, 0.25) is 5.02 Å². The Labute approximate surface area is 146 Å². The van der Waals surface area contributed by atoms with E-state index in [9.17, 15) is 18.4 Å².